The van der Waals surface area contributed by atoms with Gasteiger partial charge in [-0.05, 0) is 45.6 Å². The third-order valence-electron chi connectivity index (χ3n) is 2.37. The monoisotopic (exact) mass is 236 g/mol. The molecule has 3 N–H and O–H groups in total. The van der Waals surface area contributed by atoms with Crippen LogP contribution in [0.3, 0.4) is 0 Å². The van der Waals surface area contributed by atoms with Crippen molar-refractivity contribution in [1.29, 1.82) is 0 Å². The molecule has 5 nitrogen and oxygen atoms in total. The smallest absolute Gasteiger partial charge is 0.267 e. The van der Waals surface area contributed by atoms with Gasteiger partial charge in [0.15, 0.2) is 0 Å². The zero-order valence-corrected chi connectivity index (χ0v) is 10.4. The van der Waals surface area contributed by atoms with Crippen molar-refractivity contribution in [3.8, 4) is 0 Å². The van der Waals surface area contributed by atoms with Gasteiger partial charge in [0.25, 0.3) is 5.91 Å². The van der Waals surface area contributed by atoms with Gasteiger partial charge in [0.1, 0.15) is 5.69 Å². The first-order valence-corrected chi connectivity index (χ1v) is 5.74. The predicted molar refractivity (Wildman–Crippen MR) is 69.0 cm³/mol. The number of carbonyl (C=O) groups excluding carboxylic acids is 1. The molecule has 0 bridgehead atoms. The van der Waals surface area contributed by atoms with Crippen LogP contribution < -0.4 is 11.1 Å². The number of pyridine rings is 1. The van der Waals surface area contributed by atoms with Crippen LogP contribution in [0.25, 0.3) is 0 Å². The Balaban J connectivity index is 2.31. The molecular weight excluding hydrogens is 216 g/mol. The molecule has 0 aliphatic carbocycles. The Hall–Kier alpha value is -1.62. The Morgan fingerprint density at radius 1 is 1.47 bits per heavy atom. The van der Waals surface area contributed by atoms with Crippen LogP contribution in [0.5, 0.6) is 0 Å². The second-order valence-corrected chi connectivity index (χ2v) is 4.23. The van der Waals surface area contributed by atoms with Crippen LogP contribution in [0.15, 0.2) is 18.3 Å². The van der Waals surface area contributed by atoms with Crippen molar-refractivity contribution >= 4 is 11.6 Å². The highest BCUT2D eigenvalue weighted by atomic mass is 16.1. The molecule has 0 atom stereocenters. The molecule has 1 heterocycles. The Bertz CT molecular complexity index is 365. The molecule has 0 aromatic carbocycles. The highest BCUT2D eigenvalue weighted by Crippen LogP contribution is 2.07. The van der Waals surface area contributed by atoms with E-state index in [1.54, 1.807) is 12.3 Å². The van der Waals surface area contributed by atoms with Crippen LogP contribution in [0, 0.1) is 0 Å². The molecule has 0 aliphatic rings. The van der Waals surface area contributed by atoms with Crippen LogP contribution >= 0.6 is 0 Å². The Kier molecular flexibility index (Phi) is 5.42. The minimum atomic E-state index is -0.499. The lowest BCUT2D eigenvalue weighted by molar-refractivity contribution is 0.0995. The Labute approximate surface area is 102 Å². The first-order chi connectivity index (χ1) is 8.09. The minimum absolute atomic E-state index is 0.295. The molecule has 1 amide bonds. The summed E-state index contributed by atoms with van der Waals surface area (Å²) in [5.41, 5.74) is 6.34. The summed E-state index contributed by atoms with van der Waals surface area (Å²) >= 11 is 0. The van der Waals surface area contributed by atoms with E-state index in [9.17, 15) is 4.79 Å². The highest BCUT2D eigenvalue weighted by molar-refractivity contribution is 5.91. The molecule has 0 spiro atoms. The molecule has 94 valence electrons. The van der Waals surface area contributed by atoms with Crippen LogP contribution in [0.2, 0.25) is 0 Å². The first kappa shape index (κ1) is 13.4. The average molecular weight is 236 g/mol. The molecule has 0 saturated carbocycles. The average Bonchev–Trinajstić information content (AvgIpc) is 2.28. The van der Waals surface area contributed by atoms with E-state index < -0.39 is 5.91 Å². The predicted octanol–water partition coefficient (Wildman–Crippen LogP) is 0.934. The number of amides is 1. The maximum Gasteiger partial charge on any atom is 0.267 e. The Morgan fingerprint density at radius 2 is 2.24 bits per heavy atom. The summed E-state index contributed by atoms with van der Waals surface area (Å²) in [5, 5.41) is 3.25. The van der Waals surface area contributed by atoms with Crippen LogP contribution in [-0.2, 0) is 0 Å². The number of unbranched alkanes of at least 4 members (excludes halogenated alkanes) is 1. The van der Waals surface area contributed by atoms with Crippen LogP contribution in [-0.4, -0.2) is 43.0 Å². The standard InChI is InChI=1S/C12H20N4O/c1-16(2)8-4-3-6-14-10-5-7-15-11(9-10)12(13)17/h5,7,9H,3-4,6,8H2,1-2H3,(H2,13,17)(H,14,15). The van der Waals surface area contributed by atoms with Crippen LogP contribution in [0.1, 0.15) is 23.3 Å². The number of aromatic nitrogens is 1. The quantitative estimate of drug-likeness (QED) is 0.691. The fourth-order valence-corrected chi connectivity index (χ4v) is 1.46. The molecule has 0 aliphatic heterocycles. The number of carbonyl (C=O) groups is 1. The molecule has 0 radical (unpaired) electrons. The number of hydrogen-bond donors (Lipinski definition) is 2. The lowest BCUT2D eigenvalue weighted by atomic mass is 10.2. The molecule has 17 heavy (non-hydrogen) atoms. The second kappa shape index (κ2) is 6.85. The van der Waals surface area contributed by atoms with Crippen molar-refractivity contribution in [3.63, 3.8) is 0 Å². The number of nitrogens with zero attached hydrogens (tertiary/aromatic N) is 2. The number of nitrogens with one attached hydrogen (secondary N) is 1. The van der Waals surface area contributed by atoms with Gasteiger partial charge in [-0.3, -0.25) is 9.78 Å². The summed E-state index contributed by atoms with van der Waals surface area (Å²) in [6.45, 7) is 1.97. The largest absolute Gasteiger partial charge is 0.385 e. The molecular formula is C12H20N4O. The van der Waals surface area contributed by atoms with Gasteiger partial charge in [-0.2, -0.15) is 0 Å². The number of anilines is 1. The summed E-state index contributed by atoms with van der Waals surface area (Å²) in [5.74, 6) is -0.499. The van der Waals surface area contributed by atoms with E-state index in [0.29, 0.717) is 5.69 Å². The Morgan fingerprint density at radius 3 is 2.88 bits per heavy atom. The zero-order valence-electron chi connectivity index (χ0n) is 10.4. The lowest BCUT2D eigenvalue weighted by Crippen LogP contribution is -2.15. The summed E-state index contributed by atoms with van der Waals surface area (Å²) in [7, 11) is 4.13. The van der Waals surface area contributed by atoms with Crippen molar-refractivity contribution in [1.82, 2.24) is 9.88 Å². The van der Waals surface area contributed by atoms with Gasteiger partial charge >= 0.3 is 0 Å². The topological polar surface area (TPSA) is 71.2 Å². The fourth-order valence-electron chi connectivity index (χ4n) is 1.46. The zero-order chi connectivity index (χ0) is 12.7. The van der Waals surface area contributed by atoms with Crippen molar-refractivity contribution < 1.29 is 4.79 Å². The summed E-state index contributed by atoms with van der Waals surface area (Å²) < 4.78 is 0. The molecule has 1 aromatic rings. The van der Waals surface area contributed by atoms with Gasteiger partial charge in [-0.15, -0.1) is 0 Å². The van der Waals surface area contributed by atoms with E-state index in [4.69, 9.17) is 5.73 Å². The van der Waals surface area contributed by atoms with E-state index in [0.717, 1.165) is 31.6 Å². The summed E-state index contributed by atoms with van der Waals surface area (Å²) in [4.78, 5) is 17.0. The number of nitrogens with two attached hydrogens (primary N) is 1. The maximum atomic E-state index is 10.9. The highest BCUT2D eigenvalue weighted by Gasteiger charge is 2.02. The van der Waals surface area contributed by atoms with Gasteiger partial charge in [-0.1, -0.05) is 0 Å². The first-order valence-electron chi connectivity index (χ1n) is 5.74. The second-order valence-electron chi connectivity index (χ2n) is 4.23. The summed E-state index contributed by atoms with van der Waals surface area (Å²) in [6, 6.07) is 3.51. The molecule has 5 heteroatoms. The number of rotatable bonds is 7. The van der Waals surface area contributed by atoms with Crippen molar-refractivity contribution in [2.45, 2.75) is 12.8 Å². The fraction of sp³-hybridized carbons (Fsp3) is 0.500. The summed E-state index contributed by atoms with van der Waals surface area (Å²) in [6.07, 6.45) is 3.82. The minimum Gasteiger partial charge on any atom is -0.385 e. The maximum absolute atomic E-state index is 10.9. The third-order valence-corrected chi connectivity index (χ3v) is 2.37. The van der Waals surface area contributed by atoms with E-state index in [1.807, 2.05) is 6.07 Å². The van der Waals surface area contributed by atoms with Gasteiger partial charge in [-0.25, -0.2) is 0 Å². The molecule has 1 aromatic heterocycles. The van der Waals surface area contributed by atoms with E-state index >= 15 is 0 Å². The van der Waals surface area contributed by atoms with Gasteiger partial charge < -0.3 is 16.0 Å². The van der Waals surface area contributed by atoms with Gasteiger partial charge in [0.2, 0.25) is 0 Å². The van der Waals surface area contributed by atoms with E-state index in [1.165, 1.54) is 0 Å². The van der Waals surface area contributed by atoms with E-state index in [-0.39, 0.29) is 0 Å². The van der Waals surface area contributed by atoms with Crippen molar-refractivity contribution in [2.24, 2.45) is 5.73 Å². The third kappa shape index (κ3) is 5.31. The van der Waals surface area contributed by atoms with Gasteiger partial charge in [0.05, 0.1) is 0 Å². The number of primary amides is 1. The molecule has 0 saturated heterocycles. The molecule has 0 fully saturated rings. The molecule has 0 unspecified atom stereocenters. The lowest BCUT2D eigenvalue weighted by Gasteiger charge is -2.10. The van der Waals surface area contributed by atoms with Gasteiger partial charge in [0, 0.05) is 18.4 Å². The molecule has 1 rings (SSSR count). The van der Waals surface area contributed by atoms with Crippen molar-refractivity contribution in [3.05, 3.63) is 24.0 Å². The van der Waals surface area contributed by atoms with E-state index in [2.05, 4.69) is 29.3 Å². The normalized spacial score (nSPS) is 10.5. The SMILES string of the molecule is CN(C)CCCCNc1ccnc(C(N)=O)c1. The van der Waals surface area contributed by atoms with Crippen LogP contribution in [0.4, 0.5) is 5.69 Å². The van der Waals surface area contributed by atoms with Crippen molar-refractivity contribution in [2.75, 3.05) is 32.5 Å². The number of hydrogen-bond acceptors (Lipinski definition) is 4.